The van der Waals surface area contributed by atoms with E-state index >= 15 is 0 Å². The van der Waals surface area contributed by atoms with Crippen LogP contribution in [0.1, 0.15) is 58.8 Å². The molecule has 4 aliphatic rings. The smallest absolute Gasteiger partial charge is 0.173 e. The van der Waals surface area contributed by atoms with E-state index in [0.717, 1.165) is 49.9 Å². The maximum Gasteiger partial charge on any atom is 0.173 e. The van der Waals surface area contributed by atoms with Crippen molar-refractivity contribution in [3.8, 4) is 0 Å². The van der Waals surface area contributed by atoms with Crippen molar-refractivity contribution in [3.63, 3.8) is 0 Å². The molecule has 7 heteroatoms. The van der Waals surface area contributed by atoms with Crippen molar-refractivity contribution < 1.29 is 18.9 Å². The Bertz CT molecular complexity index is 726. The first-order chi connectivity index (χ1) is 13.8. The molecule has 162 valence electrons. The van der Waals surface area contributed by atoms with E-state index in [0.29, 0.717) is 31.4 Å². The van der Waals surface area contributed by atoms with Crippen molar-refractivity contribution in [3.05, 3.63) is 0 Å². The molecule has 0 aromatic rings. The Morgan fingerprint density at radius 3 is 2.72 bits per heavy atom. The molecule has 0 aliphatic heterocycles. The van der Waals surface area contributed by atoms with Crippen LogP contribution in [0.2, 0.25) is 0 Å². The lowest BCUT2D eigenvalue weighted by atomic mass is 9.45. The van der Waals surface area contributed by atoms with E-state index in [1.165, 1.54) is 0 Å². The third-order valence-corrected chi connectivity index (χ3v) is 8.63. The van der Waals surface area contributed by atoms with Gasteiger partial charge < -0.3 is 15.4 Å². The van der Waals surface area contributed by atoms with Gasteiger partial charge in [0.15, 0.2) is 12.0 Å². The summed E-state index contributed by atoms with van der Waals surface area (Å²) in [5.74, 6) is 0.951. The highest BCUT2D eigenvalue weighted by molar-refractivity contribution is 5.96. The molecule has 4 aliphatic carbocycles. The molecule has 0 saturated heterocycles. The summed E-state index contributed by atoms with van der Waals surface area (Å²) in [6.45, 7) is 5.24. The number of carbonyl (C=O) groups excluding carboxylic acids is 1. The molecular weight excluding hydrogens is 373 g/mol. The number of halogens is 1. The highest BCUT2D eigenvalue weighted by atomic mass is 19.1. The Morgan fingerprint density at radius 2 is 2.00 bits per heavy atom. The van der Waals surface area contributed by atoms with Gasteiger partial charge in [0.05, 0.1) is 11.4 Å². The fourth-order valence-corrected chi connectivity index (χ4v) is 7.11. The van der Waals surface area contributed by atoms with Gasteiger partial charge in [-0.15, -0.1) is 0 Å². The second-order valence-corrected chi connectivity index (χ2v) is 9.91. The highest BCUT2D eigenvalue weighted by Gasteiger charge is 2.63. The molecule has 29 heavy (non-hydrogen) atoms. The average Bonchev–Trinajstić information content (AvgIpc) is 2.93. The molecule has 4 saturated carbocycles. The number of carbonyl (C=O) groups is 1. The van der Waals surface area contributed by atoms with Crippen LogP contribution in [0, 0.1) is 34.5 Å². The molecular formula is C22H34FN3O3. The number of fused-ring (bicyclic) bond motifs is 5. The average molecular weight is 408 g/mol. The summed E-state index contributed by atoms with van der Waals surface area (Å²) in [4.78, 5) is 23.2. The van der Waals surface area contributed by atoms with Gasteiger partial charge in [0, 0.05) is 17.9 Å². The molecule has 0 bridgehead atoms. The Labute approximate surface area is 172 Å². The lowest BCUT2D eigenvalue weighted by molar-refractivity contribution is -0.135. The minimum absolute atomic E-state index is 0.0615. The SMILES string of the molecule is CO/N=C1\CC2C(CC[C@]3(C)C(=O)C(F)CC23)[C@@]2(C)CC/C(=N\OCCN)CC12. The minimum Gasteiger partial charge on any atom is -0.399 e. The van der Waals surface area contributed by atoms with Gasteiger partial charge in [0.2, 0.25) is 0 Å². The predicted octanol–water partition coefficient (Wildman–Crippen LogP) is 3.49. The fraction of sp³-hybridized carbons (Fsp3) is 0.864. The standard InChI is InChI=1S/C22H34FN3O3/c1-21-6-4-13(25-29-9-8-24)10-17(21)19(26-28-3)11-14-15(21)5-7-22(2)16(14)12-18(23)20(22)27/h14-18H,4-12,24H2,1-3H3/b25-13+,26-19+/t14?,15?,16?,17?,18?,21-,22+/m1/s1. The van der Waals surface area contributed by atoms with Crippen molar-refractivity contribution >= 4 is 17.2 Å². The van der Waals surface area contributed by atoms with Crippen LogP contribution in [0.15, 0.2) is 10.3 Å². The third kappa shape index (κ3) is 3.20. The summed E-state index contributed by atoms with van der Waals surface area (Å²) >= 11 is 0. The molecule has 0 radical (unpaired) electrons. The molecule has 4 fully saturated rings. The highest BCUT2D eigenvalue weighted by Crippen LogP contribution is 2.64. The molecule has 0 aromatic carbocycles. The number of Topliss-reactive ketones (excluding diaryl/α,β-unsaturated/α-hetero) is 1. The van der Waals surface area contributed by atoms with Gasteiger partial charge in [-0.25, -0.2) is 4.39 Å². The quantitative estimate of drug-likeness (QED) is 0.571. The van der Waals surface area contributed by atoms with Crippen LogP contribution >= 0.6 is 0 Å². The second-order valence-electron chi connectivity index (χ2n) is 9.91. The van der Waals surface area contributed by atoms with Crippen LogP contribution < -0.4 is 5.73 Å². The first-order valence-electron chi connectivity index (χ1n) is 11.0. The number of hydrogen-bond donors (Lipinski definition) is 1. The zero-order chi connectivity index (χ0) is 20.8. The number of nitrogens with two attached hydrogens (primary N) is 1. The first-order valence-corrected chi connectivity index (χ1v) is 11.0. The second kappa shape index (κ2) is 7.64. The molecule has 5 unspecified atom stereocenters. The lowest BCUT2D eigenvalue weighted by Crippen LogP contribution is -2.56. The van der Waals surface area contributed by atoms with Crippen LogP contribution in [0.4, 0.5) is 4.39 Å². The number of rotatable bonds is 4. The molecule has 7 atom stereocenters. The molecule has 2 N–H and O–H groups in total. The molecule has 6 nitrogen and oxygen atoms in total. The van der Waals surface area contributed by atoms with E-state index < -0.39 is 11.6 Å². The summed E-state index contributed by atoms with van der Waals surface area (Å²) < 4.78 is 14.5. The van der Waals surface area contributed by atoms with Gasteiger partial charge >= 0.3 is 0 Å². The maximum atomic E-state index is 14.5. The Hall–Kier alpha value is -1.50. The molecule has 0 aromatic heterocycles. The predicted molar refractivity (Wildman–Crippen MR) is 109 cm³/mol. The summed E-state index contributed by atoms with van der Waals surface area (Å²) in [5, 5.41) is 8.76. The van der Waals surface area contributed by atoms with E-state index in [2.05, 4.69) is 17.2 Å². The topological polar surface area (TPSA) is 86.3 Å². The van der Waals surface area contributed by atoms with Gasteiger partial charge in [-0.2, -0.15) is 0 Å². The van der Waals surface area contributed by atoms with Gasteiger partial charge in [0.1, 0.15) is 13.7 Å². The number of oxime groups is 2. The van der Waals surface area contributed by atoms with E-state index in [9.17, 15) is 9.18 Å². The third-order valence-electron chi connectivity index (χ3n) is 8.63. The van der Waals surface area contributed by atoms with Crippen LogP contribution in [-0.4, -0.2) is 43.6 Å². The largest absolute Gasteiger partial charge is 0.399 e. The van der Waals surface area contributed by atoms with Gasteiger partial charge in [-0.1, -0.05) is 24.2 Å². The van der Waals surface area contributed by atoms with Crippen LogP contribution in [-0.2, 0) is 14.5 Å². The van der Waals surface area contributed by atoms with Crippen LogP contribution in [0.25, 0.3) is 0 Å². The number of nitrogens with zero attached hydrogens (tertiary/aromatic N) is 2. The summed E-state index contributed by atoms with van der Waals surface area (Å²) in [7, 11) is 1.58. The Morgan fingerprint density at radius 1 is 1.21 bits per heavy atom. The van der Waals surface area contributed by atoms with Crippen LogP contribution in [0.5, 0.6) is 0 Å². The van der Waals surface area contributed by atoms with E-state index in [1.54, 1.807) is 7.11 Å². The normalized spacial score (nSPS) is 46.9. The van der Waals surface area contributed by atoms with Gasteiger partial charge in [0.25, 0.3) is 0 Å². The van der Waals surface area contributed by atoms with E-state index in [-0.39, 0.29) is 23.0 Å². The van der Waals surface area contributed by atoms with Crippen molar-refractivity contribution in [1.82, 2.24) is 0 Å². The molecule has 0 spiro atoms. The van der Waals surface area contributed by atoms with Crippen molar-refractivity contribution in [1.29, 1.82) is 0 Å². The number of alkyl halides is 1. The van der Waals surface area contributed by atoms with Crippen molar-refractivity contribution in [2.24, 2.45) is 50.5 Å². The fourth-order valence-electron chi connectivity index (χ4n) is 7.11. The Balaban J connectivity index is 1.64. The summed E-state index contributed by atoms with van der Waals surface area (Å²) in [6.07, 6.45) is 4.36. The number of ketones is 1. The van der Waals surface area contributed by atoms with Crippen molar-refractivity contribution in [2.75, 3.05) is 20.3 Å². The van der Waals surface area contributed by atoms with Crippen LogP contribution in [0.3, 0.4) is 0 Å². The van der Waals surface area contributed by atoms with E-state index in [4.69, 9.17) is 15.4 Å². The number of hydrogen-bond acceptors (Lipinski definition) is 6. The molecule has 0 heterocycles. The van der Waals surface area contributed by atoms with Gasteiger partial charge in [-0.3, -0.25) is 4.79 Å². The zero-order valence-electron chi connectivity index (χ0n) is 17.8. The minimum atomic E-state index is -1.30. The molecule has 4 rings (SSSR count). The van der Waals surface area contributed by atoms with E-state index in [1.807, 2.05) is 6.92 Å². The zero-order valence-corrected chi connectivity index (χ0v) is 17.8. The lowest BCUT2D eigenvalue weighted by Gasteiger charge is -2.59. The monoisotopic (exact) mass is 407 g/mol. The van der Waals surface area contributed by atoms with Gasteiger partial charge in [-0.05, 0) is 68.1 Å². The first kappa shape index (κ1) is 20.8. The maximum absolute atomic E-state index is 14.5. The summed E-state index contributed by atoms with van der Waals surface area (Å²) in [6, 6.07) is 0. The summed E-state index contributed by atoms with van der Waals surface area (Å²) in [5.41, 5.74) is 7.15. The van der Waals surface area contributed by atoms with Crippen molar-refractivity contribution in [2.45, 2.75) is 65.0 Å². The molecule has 0 amide bonds. The Kier molecular flexibility index (Phi) is 5.47.